The highest BCUT2D eigenvalue weighted by atomic mass is 32.2. The van der Waals surface area contributed by atoms with Crippen LogP contribution in [0.25, 0.3) is 0 Å². The summed E-state index contributed by atoms with van der Waals surface area (Å²) in [7, 11) is -3.24. The van der Waals surface area contributed by atoms with Gasteiger partial charge in [-0.15, -0.1) is 11.3 Å². The number of nitrogens with two attached hydrogens (primary N) is 1. The molecule has 1 rings (SSSR count). The summed E-state index contributed by atoms with van der Waals surface area (Å²) in [6.07, 6.45) is 1.19. The number of hydrogen-bond acceptors (Lipinski definition) is 5. The third-order valence-corrected chi connectivity index (χ3v) is 6.49. The first kappa shape index (κ1) is 13.0. The summed E-state index contributed by atoms with van der Waals surface area (Å²) in [5.41, 5.74) is 6.83. The minimum Gasteiger partial charge on any atom is -0.397 e. The van der Waals surface area contributed by atoms with Gasteiger partial charge in [0, 0.05) is 11.1 Å². The molecule has 0 bridgehead atoms. The standard InChI is InChI=1S/C10H14N2O2S2/c1-6-8(12)7(5-11)15-9(6)10(2,3)16(4,13)14/h12H2,1-4H3. The zero-order valence-corrected chi connectivity index (χ0v) is 11.3. The molecule has 1 aromatic heterocycles. The van der Waals surface area contributed by atoms with Crippen molar-refractivity contribution in [3.8, 4) is 6.07 Å². The second-order valence-electron chi connectivity index (χ2n) is 4.19. The first-order chi connectivity index (χ1) is 7.13. The zero-order chi connectivity index (χ0) is 12.7. The highest BCUT2D eigenvalue weighted by Crippen LogP contribution is 2.40. The van der Waals surface area contributed by atoms with Gasteiger partial charge in [-0.2, -0.15) is 5.26 Å². The Morgan fingerprint density at radius 1 is 1.44 bits per heavy atom. The second-order valence-corrected chi connectivity index (χ2v) is 7.78. The van der Waals surface area contributed by atoms with Crippen molar-refractivity contribution < 1.29 is 8.42 Å². The maximum atomic E-state index is 11.7. The molecular formula is C10H14N2O2S2. The Bertz CT molecular complexity index is 562. The van der Waals surface area contributed by atoms with Gasteiger partial charge in [0.1, 0.15) is 15.7 Å². The lowest BCUT2D eigenvalue weighted by molar-refractivity contribution is 0.563. The van der Waals surface area contributed by atoms with Crippen molar-refractivity contribution in [2.24, 2.45) is 0 Å². The smallest absolute Gasteiger partial charge is 0.157 e. The highest BCUT2D eigenvalue weighted by Gasteiger charge is 2.36. The monoisotopic (exact) mass is 258 g/mol. The number of thiophene rings is 1. The van der Waals surface area contributed by atoms with Crippen molar-refractivity contribution >= 4 is 26.9 Å². The van der Waals surface area contributed by atoms with Crippen LogP contribution >= 0.6 is 11.3 Å². The van der Waals surface area contributed by atoms with E-state index in [1.54, 1.807) is 20.8 Å². The van der Waals surface area contributed by atoms with Gasteiger partial charge in [0.25, 0.3) is 0 Å². The summed E-state index contributed by atoms with van der Waals surface area (Å²) in [6, 6.07) is 1.98. The van der Waals surface area contributed by atoms with E-state index < -0.39 is 14.6 Å². The van der Waals surface area contributed by atoms with E-state index in [0.717, 1.165) is 11.3 Å². The molecule has 4 nitrogen and oxygen atoms in total. The van der Waals surface area contributed by atoms with E-state index in [9.17, 15) is 8.42 Å². The fraction of sp³-hybridized carbons (Fsp3) is 0.500. The summed E-state index contributed by atoms with van der Waals surface area (Å²) in [4.78, 5) is 1.02. The quantitative estimate of drug-likeness (QED) is 0.876. The van der Waals surface area contributed by atoms with E-state index in [1.165, 1.54) is 6.26 Å². The normalized spacial score (nSPS) is 12.4. The first-order valence-electron chi connectivity index (χ1n) is 4.62. The predicted molar refractivity (Wildman–Crippen MR) is 66.1 cm³/mol. The predicted octanol–water partition coefficient (Wildman–Crippen LogP) is 1.79. The van der Waals surface area contributed by atoms with Crippen LogP contribution in [0, 0.1) is 18.3 Å². The average molecular weight is 258 g/mol. The Balaban J connectivity index is 3.54. The molecule has 0 aliphatic carbocycles. The van der Waals surface area contributed by atoms with Crippen LogP contribution in [0.15, 0.2) is 0 Å². The molecule has 0 spiro atoms. The Kier molecular flexibility index (Phi) is 3.05. The van der Waals surface area contributed by atoms with Gasteiger partial charge in [-0.05, 0) is 26.3 Å². The molecule has 0 aromatic carbocycles. The van der Waals surface area contributed by atoms with E-state index >= 15 is 0 Å². The number of nitrogens with zero attached hydrogens (tertiary/aromatic N) is 1. The Morgan fingerprint density at radius 3 is 2.25 bits per heavy atom. The van der Waals surface area contributed by atoms with Crippen molar-refractivity contribution in [3.63, 3.8) is 0 Å². The fourth-order valence-electron chi connectivity index (χ4n) is 1.35. The Morgan fingerprint density at radius 2 is 1.94 bits per heavy atom. The van der Waals surface area contributed by atoms with Crippen LogP contribution in [-0.4, -0.2) is 14.7 Å². The van der Waals surface area contributed by atoms with Crippen LogP contribution in [0.3, 0.4) is 0 Å². The van der Waals surface area contributed by atoms with Gasteiger partial charge >= 0.3 is 0 Å². The molecule has 16 heavy (non-hydrogen) atoms. The lowest BCUT2D eigenvalue weighted by Gasteiger charge is -2.22. The van der Waals surface area contributed by atoms with Gasteiger partial charge < -0.3 is 5.73 Å². The molecule has 2 N–H and O–H groups in total. The molecule has 1 aromatic rings. The number of rotatable bonds is 2. The van der Waals surface area contributed by atoms with Gasteiger partial charge in [0.05, 0.1) is 5.69 Å². The molecule has 0 unspecified atom stereocenters. The Hall–Kier alpha value is -1.06. The molecule has 88 valence electrons. The molecular weight excluding hydrogens is 244 g/mol. The van der Waals surface area contributed by atoms with Crippen LogP contribution in [0.5, 0.6) is 0 Å². The van der Waals surface area contributed by atoms with E-state index in [0.29, 0.717) is 21.0 Å². The number of hydrogen-bond donors (Lipinski definition) is 1. The second kappa shape index (κ2) is 3.75. The van der Waals surface area contributed by atoms with Gasteiger partial charge in [-0.3, -0.25) is 0 Å². The van der Waals surface area contributed by atoms with E-state index in [4.69, 9.17) is 11.0 Å². The first-order valence-corrected chi connectivity index (χ1v) is 7.32. The molecule has 0 saturated carbocycles. The van der Waals surface area contributed by atoms with E-state index in [-0.39, 0.29) is 0 Å². The number of anilines is 1. The average Bonchev–Trinajstić information content (AvgIpc) is 2.42. The third kappa shape index (κ3) is 1.81. The summed E-state index contributed by atoms with van der Waals surface area (Å²) in [5, 5.41) is 8.86. The molecule has 0 atom stereocenters. The number of sulfone groups is 1. The summed E-state index contributed by atoms with van der Waals surface area (Å²) in [5.74, 6) is 0. The maximum absolute atomic E-state index is 11.7. The highest BCUT2D eigenvalue weighted by molar-refractivity contribution is 7.91. The van der Waals surface area contributed by atoms with Crippen LogP contribution < -0.4 is 5.73 Å². The summed E-state index contributed by atoms with van der Waals surface area (Å²) in [6.45, 7) is 5.00. The van der Waals surface area contributed by atoms with Crippen molar-refractivity contribution in [2.45, 2.75) is 25.5 Å². The van der Waals surface area contributed by atoms with Gasteiger partial charge in [-0.1, -0.05) is 0 Å². The zero-order valence-electron chi connectivity index (χ0n) is 9.66. The maximum Gasteiger partial charge on any atom is 0.157 e. The SMILES string of the molecule is Cc1c(C(C)(C)S(C)(=O)=O)sc(C#N)c1N. The van der Waals surface area contributed by atoms with Gasteiger partial charge in [-0.25, -0.2) is 8.42 Å². The number of nitriles is 1. The van der Waals surface area contributed by atoms with Crippen LogP contribution in [0.4, 0.5) is 5.69 Å². The number of nitrogen functional groups attached to an aromatic ring is 1. The van der Waals surface area contributed by atoms with Gasteiger partial charge in [0.15, 0.2) is 9.84 Å². The minimum atomic E-state index is -3.24. The van der Waals surface area contributed by atoms with E-state index in [1.807, 2.05) is 6.07 Å². The molecule has 6 heteroatoms. The minimum absolute atomic E-state index is 0.379. The van der Waals surface area contributed by atoms with Crippen molar-refractivity contribution in [2.75, 3.05) is 12.0 Å². The lowest BCUT2D eigenvalue weighted by Crippen LogP contribution is -2.27. The molecule has 0 aliphatic rings. The van der Waals surface area contributed by atoms with Crippen LogP contribution in [0.1, 0.15) is 29.2 Å². The lowest BCUT2D eigenvalue weighted by atomic mass is 10.1. The van der Waals surface area contributed by atoms with Gasteiger partial charge in [0.2, 0.25) is 0 Å². The molecule has 0 fully saturated rings. The van der Waals surface area contributed by atoms with Crippen molar-refractivity contribution in [3.05, 3.63) is 15.3 Å². The molecule has 0 amide bonds. The van der Waals surface area contributed by atoms with Crippen LogP contribution in [-0.2, 0) is 14.6 Å². The molecule has 0 saturated heterocycles. The van der Waals surface area contributed by atoms with Crippen molar-refractivity contribution in [1.82, 2.24) is 0 Å². The van der Waals surface area contributed by atoms with Crippen LogP contribution in [0.2, 0.25) is 0 Å². The Labute approximate surface area is 99.6 Å². The summed E-state index contributed by atoms with van der Waals surface area (Å²) >= 11 is 1.15. The molecule has 0 radical (unpaired) electrons. The molecule has 1 heterocycles. The largest absolute Gasteiger partial charge is 0.397 e. The fourth-order valence-corrected chi connectivity index (χ4v) is 3.44. The molecule has 0 aliphatic heterocycles. The van der Waals surface area contributed by atoms with Crippen molar-refractivity contribution in [1.29, 1.82) is 5.26 Å². The van der Waals surface area contributed by atoms with E-state index in [2.05, 4.69) is 0 Å². The topological polar surface area (TPSA) is 84.0 Å². The third-order valence-electron chi connectivity index (χ3n) is 2.77. The summed E-state index contributed by atoms with van der Waals surface area (Å²) < 4.78 is 22.4.